The van der Waals surface area contributed by atoms with Gasteiger partial charge < -0.3 is 14.0 Å². The van der Waals surface area contributed by atoms with Crippen LogP contribution in [-0.2, 0) is 14.3 Å². The number of ether oxygens (including phenoxy) is 2. The number of halogens is 1. The molecule has 0 saturated heterocycles. The van der Waals surface area contributed by atoms with E-state index in [1.54, 1.807) is 25.1 Å². The third-order valence-corrected chi connectivity index (χ3v) is 3.92. The van der Waals surface area contributed by atoms with E-state index in [0.29, 0.717) is 17.9 Å². The van der Waals surface area contributed by atoms with Gasteiger partial charge in [0.25, 0.3) is 5.91 Å². The predicted octanol–water partition coefficient (Wildman–Crippen LogP) is 1.88. The monoisotopic (exact) mass is 359 g/mol. The summed E-state index contributed by atoms with van der Waals surface area (Å²) in [6.45, 7) is 4.25. The maximum atomic E-state index is 13.1. The quantitative estimate of drug-likeness (QED) is 0.820. The van der Waals surface area contributed by atoms with Crippen LogP contribution in [0.1, 0.15) is 21.7 Å². The number of nitrogens with one attached hydrogen (secondary N) is 2. The minimum absolute atomic E-state index is 0.00617. The van der Waals surface area contributed by atoms with Crippen molar-refractivity contribution in [2.75, 3.05) is 13.2 Å². The van der Waals surface area contributed by atoms with Gasteiger partial charge >= 0.3 is 5.91 Å². The Morgan fingerprint density at radius 2 is 1.77 bits per heavy atom. The van der Waals surface area contributed by atoms with Crippen LogP contribution in [0.4, 0.5) is 4.39 Å². The highest BCUT2D eigenvalue weighted by atomic mass is 19.1. The van der Waals surface area contributed by atoms with Crippen molar-refractivity contribution in [2.45, 2.75) is 13.8 Å². The number of hydrogen-bond donors (Lipinski definition) is 2. The van der Waals surface area contributed by atoms with Gasteiger partial charge in [0.05, 0.1) is 5.56 Å². The van der Waals surface area contributed by atoms with Crippen molar-refractivity contribution in [1.82, 2.24) is 15.4 Å². The lowest BCUT2D eigenvalue weighted by atomic mass is 10.2. The molecule has 1 aromatic heterocycles. The minimum Gasteiger partial charge on any atom is -0.494 e. The highest BCUT2D eigenvalue weighted by Crippen LogP contribution is 2.21. The Balaban J connectivity index is 1.74. The van der Waals surface area contributed by atoms with Gasteiger partial charge in [-0.15, -0.1) is 0 Å². The lowest BCUT2D eigenvalue weighted by Crippen LogP contribution is -2.43. The van der Waals surface area contributed by atoms with E-state index in [2.05, 4.69) is 10.9 Å². The van der Waals surface area contributed by atoms with Gasteiger partial charge in [-0.3, -0.25) is 20.4 Å². The van der Waals surface area contributed by atoms with Crippen LogP contribution in [0.2, 0.25) is 0 Å². The van der Waals surface area contributed by atoms with Gasteiger partial charge in [-0.1, -0.05) is 0 Å². The Kier molecular flexibility index (Phi) is 4.92. The molecule has 2 N–H and O–H groups in total. The zero-order valence-corrected chi connectivity index (χ0v) is 14.3. The third-order valence-electron chi connectivity index (χ3n) is 3.92. The van der Waals surface area contributed by atoms with E-state index >= 15 is 0 Å². The Hall–Kier alpha value is -3.29. The SMILES string of the molecule is Cc1cc(C(=O)NNC(=O)C2=COCCO2)c(C)n1-c1ccc(F)cc1. The summed E-state index contributed by atoms with van der Waals surface area (Å²) >= 11 is 0. The number of carbonyl (C=O) groups is 2. The maximum absolute atomic E-state index is 13.1. The fraction of sp³-hybridized carbons (Fsp3) is 0.222. The Bertz CT molecular complexity index is 871. The maximum Gasteiger partial charge on any atom is 0.308 e. The summed E-state index contributed by atoms with van der Waals surface area (Å²) < 4.78 is 25.1. The van der Waals surface area contributed by atoms with E-state index in [1.165, 1.54) is 18.4 Å². The summed E-state index contributed by atoms with van der Waals surface area (Å²) in [5.74, 6) is -1.42. The highest BCUT2D eigenvalue weighted by molar-refractivity contribution is 5.99. The van der Waals surface area contributed by atoms with Gasteiger partial charge in [0, 0.05) is 17.1 Å². The molecule has 26 heavy (non-hydrogen) atoms. The van der Waals surface area contributed by atoms with E-state index in [1.807, 2.05) is 11.5 Å². The summed E-state index contributed by atoms with van der Waals surface area (Å²) in [4.78, 5) is 24.3. The molecular formula is C18H18FN3O4. The fourth-order valence-electron chi connectivity index (χ4n) is 2.71. The second-order valence-corrected chi connectivity index (χ2v) is 5.71. The molecule has 7 nitrogen and oxygen atoms in total. The van der Waals surface area contributed by atoms with Crippen LogP contribution >= 0.6 is 0 Å². The van der Waals surface area contributed by atoms with E-state index in [0.717, 1.165) is 11.4 Å². The van der Waals surface area contributed by atoms with Crippen LogP contribution in [0.15, 0.2) is 42.4 Å². The summed E-state index contributed by atoms with van der Waals surface area (Å²) in [7, 11) is 0. The van der Waals surface area contributed by atoms with Crippen LogP contribution in [0.25, 0.3) is 5.69 Å². The average Bonchev–Trinajstić information content (AvgIpc) is 2.95. The van der Waals surface area contributed by atoms with Crippen molar-refractivity contribution in [3.05, 3.63) is 65.1 Å². The second-order valence-electron chi connectivity index (χ2n) is 5.71. The first-order valence-electron chi connectivity index (χ1n) is 7.97. The molecule has 0 atom stereocenters. The molecule has 2 amide bonds. The molecule has 1 aliphatic rings. The Morgan fingerprint density at radius 1 is 1.08 bits per heavy atom. The lowest BCUT2D eigenvalue weighted by Gasteiger charge is -2.15. The normalized spacial score (nSPS) is 13.3. The van der Waals surface area contributed by atoms with E-state index < -0.39 is 11.8 Å². The van der Waals surface area contributed by atoms with Gasteiger partial charge in [-0.05, 0) is 44.2 Å². The number of aryl methyl sites for hydroxylation is 1. The highest BCUT2D eigenvalue weighted by Gasteiger charge is 2.19. The van der Waals surface area contributed by atoms with Crippen molar-refractivity contribution in [3.8, 4) is 5.69 Å². The van der Waals surface area contributed by atoms with E-state index in [9.17, 15) is 14.0 Å². The number of benzene rings is 1. The zero-order valence-electron chi connectivity index (χ0n) is 14.3. The Labute approximate surface area is 149 Å². The van der Waals surface area contributed by atoms with Crippen molar-refractivity contribution < 1.29 is 23.5 Å². The van der Waals surface area contributed by atoms with E-state index in [-0.39, 0.29) is 18.2 Å². The minimum atomic E-state index is -0.606. The lowest BCUT2D eigenvalue weighted by molar-refractivity contribution is -0.123. The van der Waals surface area contributed by atoms with Gasteiger partial charge in [-0.2, -0.15) is 0 Å². The van der Waals surface area contributed by atoms with Crippen molar-refractivity contribution >= 4 is 11.8 Å². The van der Waals surface area contributed by atoms with Crippen LogP contribution in [-0.4, -0.2) is 29.6 Å². The summed E-state index contributed by atoms with van der Waals surface area (Å²) in [6, 6.07) is 7.67. The molecule has 0 radical (unpaired) electrons. The molecule has 1 aromatic carbocycles. The van der Waals surface area contributed by atoms with Gasteiger partial charge in [0.2, 0.25) is 5.76 Å². The van der Waals surface area contributed by atoms with Gasteiger partial charge in [-0.25, -0.2) is 4.39 Å². The summed E-state index contributed by atoms with van der Waals surface area (Å²) in [6.07, 6.45) is 1.20. The predicted molar refractivity (Wildman–Crippen MR) is 90.8 cm³/mol. The molecular weight excluding hydrogens is 341 g/mol. The van der Waals surface area contributed by atoms with Gasteiger partial charge in [0.15, 0.2) is 0 Å². The number of aromatic nitrogens is 1. The molecule has 0 saturated carbocycles. The molecule has 2 aromatic rings. The fourth-order valence-corrected chi connectivity index (χ4v) is 2.71. The molecule has 2 heterocycles. The van der Waals surface area contributed by atoms with Crippen molar-refractivity contribution in [2.24, 2.45) is 0 Å². The second kappa shape index (κ2) is 7.30. The zero-order chi connectivity index (χ0) is 18.7. The number of hydrogen-bond acceptors (Lipinski definition) is 4. The molecule has 0 aliphatic carbocycles. The smallest absolute Gasteiger partial charge is 0.308 e. The molecule has 136 valence electrons. The van der Waals surface area contributed by atoms with Gasteiger partial charge in [0.1, 0.15) is 25.3 Å². The number of rotatable bonds is 3. The van der Waals surface area contributed by atoms with Crippen LogP contribution in [0.3, 0.4) is 0 Å². The first kappa shape index (κ1) is 17.5. The molecule has 1 aliphatic heterocycles. The first-order chi connectivity index (χ1) is 12.5. The van der Waals surface area contributed by atoms with Crippen LogP contribution in [0.5, 0.6) is 0 Å². The van der Waals surface area contributed by atoms with Crippen LogP contribution in [0, 0.1) is 19.7 Å². The average molecular weight is 359 g/mol. The standard InChI is InChI=1S/C18H18FN3O4/c1-11-9-15(12(2)22(11)14-5-3-13(19)4-6-14)17(23)20-21-18(24)16-10-25-7-8-26-16/h3-6,9-10H,7-8H2,1-2H3,(H,20,23)(H,21,24). The van der Waals surface area contributed by atoms with Crippen molar-refractivity contribution in [3.63, 3.8) is 0 Å². The molecule has 0 fully saturated rings. The first-order valence-corrected chi connectivity index (χ1v) is 7.97. The molecule has 0 bridgehead atoms. The largest absolute Gasteiger partial charge is 0.494 e. The summed E-state index contributed by atoms with van der Waals surface area (Å²) in [5, 5.41) is 0. The third kappa shape index (κ3) is 3.53. The summed E-state index contributed by atoms with van der Waals surface area (Å²) in [5.41, 5.74) is 7.23. The van der Waals surface area contributed by atoms with Crippen LogP contribution < -0.4 is 10.9 Å². The number of hydrazine groups is 1. The van der Waals surface area contributed by atoms with Crippen molar-refractivity contribution in [1.29, 1.82) is 0 Å². The number of carbonyl (C=O) groups excluding carboxylic acids is 2. The number of nitrogens with zero attached hydrogens (tertiary/aromatic N) is 1. The topological polar surface area (TPSA) is 81.6 Å². The van der Waals surface area contributed by atoms with E-state index in [4.69, 9.17) is 9.47 Å². The molecule has 8 heteroatoms. The molecule has 3 rings (SSSR count). The molecule has 0 spiro atoms. The Morgan fingerprint density at radius 3 is 2.42 bits per heavy atom. The number of amides is 2. The molecule has 0 unspecified atom stereocenters.